The molecule has 45 heavy (non-hydrogen) atoms. The first kappa shape index (κ1) is 29.8. The molecule has 0 spiro atoms. The quantitative estimate of drug-likeness (QED) is 0.194. The number of fused-ring (bicyclic) bond motifs is 1. The van der Waals surface area contributed by atoms with E-state index in [9.17, 15) is 0 Å². The second-order valence-electron chi connectivity index (χ2n) is 13.8. The molecule has 1 heterocycles. The van der Waals surface area contributed by atoms with Crippen LogP contribution in [0.15, 0.2) is 103 Å². The van der Waals surface area contributed by atoms with Crippen LogP contribution in [0, 0.1) is 0 Å². The Morgan fingerprint density at radius 1 is 0.578 bits per heavy atom. The molecule has 2 aliphatic carbocycles. The van der Waals surface area contributed by atoms with Crippen LogP contribution in [0.5, 0.6) is 0 Å². The van der Waals surface area contributed by atoms with E-state index in [2.05, 4.69) is 122 Å². The summed E-state index contributed by atoms with van der Waals surface area (Å²) in [6.07, 6.45) is 13.3. The molecule has 0 bridgehead atoms. The molecule has 0 saturated heterocycles. The highest BCUT2D eigenvalue weighted by atomic mass is 15.0. The van der Waals surface area contributed by atoms with Crippen LogP contribution in [0.4, 0.5) is 5.69 Å². The molecule has 0 aliphatic heterocycles. The normalized spacial score (nSPS) is 17.0. The number of rotatable bonds is 8. The molecular weight excluding hydrogens is 544 g/mol. The van der Waals surface area contributed by atoms with E-state index in [1.54, 1.807) is 0 Å². The van der Waals surface area contributed by atoms with Gasteiger partial charge in [0.15, 0.2) is 0 Å². The van der Waals surface area contributed by atoms with Gasteiger partial charge in [-0.2, -0.15) is 0 Å². The lowest BCUT2D eigenvalue weighted by Crippen LogP contribution is -2.20. The first-order valence-corrected chi connectivity index (χ1v) is 17.6. The van der Waals surface area contributed by atoms with Crippen molar-refractivity contribution in [1.82, 2.24) is 4.98 Å². The summed E-state index contributed by atoms with van der Waals surface area (Å²) in [5.41, 5.74) is 10.5. The lowest BCUT2D eigenvalue weighted by Gasteiger charge is -2.33. The first-order valence-electron chi connectivity index (χ1n) is 17.6. The summed E-state index contributed by atoms with van der Waals surface area (Å²) in [7, 11) is 0. The average Bonchev–Trinajstić information content (AvgIpc) is 3.11. The largest absolute Gasteiger partial charge is 0.372 e. The highest BCUT2D eigenvalue weighted by Crippen LogP contribution is 2.45. The molecule has 0 amide bonds. The van der Waals surface area contributed by atoms with Gasteiger partial charge in [-0.25, -0.2) is 0 Å². The minimum Gasteiger partial charge on any atom is -0.372 e. The second-order valence-corrected chi connectivity index (χ2v) is 13.8. The average molecular weight is 593 g/mol. The zero-order valence-electron chi connectivity index (χ0n) is 27.1. The smallest absolute Gasteiger partial charge is 0.0943 e. The van der Waals surface area contributed by atoms with E-state index < -0.39 is 0 Å². The standard InChI is InChI=1S/C43H48N2/c1-30(2)34-22-11-12-24-39(34)43(41-29-15-28-40(44-41)38-27-13-21-31-20-9-10-23-35(31)38)45-42-36(32-16-5-3-6-17-32)25-14-26-37(42)33-18-7-4-8-19-33/h9-15,20-30,32-33,43,45H,3-8,16-19H2,1-2H3. The number of nitrogens with zero attached hydrogens (tertiary/aromatic N) is 1. The summed E-state index contributed by atoms with van der Waals surface area (Å²) in [5, 5.41) is 6.79. The lowest BCUT2D eigenvalue weighted by atomic mass is 9.78. The third-order valence-corrected chi connectivity index (χ3v) is 10.6. The maximum absolute atomic E-state index is 5.49. The van der Waals surface area contributed by atoms with Crippen molar-refractivity contribution in [2.24, 2.45) is 0 Å². The van der Waals surface area contributed by atoms with Gasteiger partial charge in [0.2, 0.25) is 0 Å². The molecule has 2 saturated carbocycles. The van der Waals surface area contributed by atoms with E-state index in [4.69, 9.17) is 4.98 Å². The number of para-hydroxylation sites is 1. The van der Waals surface area contributed by atoms with E-state index >= 15 is 0 Å². The van der Waals surface area contributed by atoms with Gasteiger partial charge in [0.25, 0.3) is 0 Å². The molecular formula is C43H48N2. The Bertz CT molecular complexity index is 1700. The number of aromatic nitrogens is 1. The fraction of sp³-hybridized carbons (Fsp3) is 0.372. The van der Waals surface area contributed by atoms with Crippen LogP contribution < -0.4 is 5.32 Å². The molecule has 5 aromatic rings. The number of hydrogen-bond acceptors (Lipinski definition) is 2. The maximum atomic E-state index is 5.49. The number of hydrogen-bond donors (Lipinski definition) is 1. The highest BCUT2D eigenvalue weighted by molar-refractivity contribution is 5.95. The summed E-state index contributed by atoms with van der Waals surface area (Å²) in [6.45, 7) is 4.64. The Hall–Kier alpha value is -3.91. The van der Waals surface area contributed by atoms with Crippen LogP contribution in [-0.4, -0.2) is 4.98 Å². The van der Waals surface area contributed by atoms with Gasteiger partial charge in [0.1, 0.15) is 0 Å². The van der Waals surface area contributed by atoms with Crippen molar-refractivity contribution < 1.29 is 0 Å². The summed E-state index contributed by atoms with van der Waals surface area (Å²) >= 11 is 0. The Kier molecular flexibility index (Phi) is 9.01. The lowest BCUT2D eigenvalue weighted by molar-refractivity contribution is 0.436. The van der Waals surface area contributed by atoms with Crippen molar-refractivity contribution in [2.45, 2.75) is 102 Å². The van der Waals surface area contributed by atoms with E-state index in [1.165, 1.54) is 108 Å². The third kappa shape index (κ3) is 6.30. The fourth-order valence-corrected chi connectivity index (χ4v) is 8.23. The van der Waals surface area contributed by atoms with Gasteiger partial charge in [0.05, 0.1) is 17.4 Å². The van der Waals surface area contributed by atoms with Crippen LogP contribution in [0.25, 0.3) is 22.0 Å². The minimum atomic E-state index is -0.0504. The Labute approximate surface area is 270 Å². The van der Waals surface area contributed by atoms with Crippen LogP contribution >= 0.6 is 0 Å². The predicted octanol–water partition coefficient (Wildman–Crippen LogP) is 12.3. The zero-order chi connectivity index (χ0) is 30.6. The van der Waals surface area contributed by atoms with Gasteiger partial charge in [-0.3, -0.25) is 4.98 Å². The summed E-state index contributed by atoms with van der Waals surface area (Å²) in [4.78, 5) is 5.49. The molecule has 2 aliphatic rings. The fourth-order valence-electron chi connectivity index (χ4n) is 8.23. The Morgan fingerprint density at radius 3 is 1.84 bits per heavy atom. The molecule has 0 radical (unpaired) electrons. The summed E-state index contributed by atoms with van der Waals surface area (Å²) < 4.78 is 0. The molecule has 1 aromatic heterocycles. The van der Waals surface area contributed by atoms with Gasteiger partial charge < -0.3 is 5.32 Å². The van der Waals surface area contributed by atoms with Crippen LogP contribution in [0.3, 0.4) is 0 Å². The number of nitrogens with one attached hydrogen (secondary N) is 1. The SMILES string of the molecule is CC(C)c1ccccc1C(Nc1c(C2CCCCC2)cccc1C1CCCCC1)c1cccc(-c2cccc3ccccc23)n1. The van der Waals surface area contributed by atoms with Crippen molar-refractivity contribution in [2.75, 3.05) is 5.32 Å². The summed E-state index contributed by atoms with van der Waals surface area (Å²) in [6, 6.07) is 38.1. The van der Waals surface area contributed by atoms with Gasteiger partial charge in [-0.05, 0) is 88.6 Å². The number of pyridine rings is 1. The molecule has 4 aromatic carbocycles. The maximum Gasteiger partial charge on any atom is 0.0943 e. The van der Waals surface area contributed by atoms with Crippen molar-refractivity contribution >= 4 is 16.5 Å². The molecule has 1 unspecified atom stereocenters. The van der Waals surface area contributed by atoms with Gasteiger partial charge in [-0.1, -0.05) is 143 Å². The summed E-state index contributed by atoms with van der Waals surface area (Å²) in [5.74, 6) is 1.67. The molecule has 7 rings (SSSR count). The zero-order valence-corrected chi connectivity index (χ0v) is 27.1. The van der Waals surface area contributed by atoms with E-state index in [1.807, 2.05) is 0 Å². The van der Waals surface area contributed by atoms with Crippen molar-refractivity contribution in [1.29, 1.82) is 0 Å². The molecule has 230 valence electrons. The molecule has 2 fully saturated rings. The van der Waals surface area contributed by atoms with Crippen molar-refractivity contribution in [3.63, 3.8) is 0 Å². The predicted molar refractivity (Wildman–Crippen MR) is 191 cm³/mol. The van der Waals surface area contributed by atoms with E-state index in [0.717, 1.165) is 11.4 Å². The molecule has 2 nitrogen and oxygen atoms in total. The first-order chi connectivity index (χ1) is 22.2. The molecule has 1 atom stereocenters. The Balaban J connectivity index is 1.39. The topological polar surface area (TPSA) is 24.9 Å². The number of anilines is 1. The Morgan fingerprint density at radius 2 is 1.16 bits per heavy atom. The van der Waals surface area contributed by atoms with E-state index in [-0.39, 0.29) is 6.04 Å². The monoisotopic (exact) mass is 592 g/mol. The van der Waals surface area contributed by atoms with Crippen LogP contribution in [0.1, 0.15) is 130 Å². The van der Waals surface area contributed by atoms with E-state index in [0.29, 0.717) is 17.8 Å². The van der Waals surface area contributed by atoms with Crippen LogP contribution in [0.2, 0.25) is 0 Å². The van der Waals surface area contributed by atoms with Gasteiger partial charge in [0, 0.05) is 11.3 Å². The third-order valence-electron chi connectivity index (χ3n) is 10.6. The van der Waals surface area contributed by atoms with Gasteiger partial charge >= 0.3 is 0 Å². The molecule has 2 heteroatoms. The number of benzene rings is 4. The minimum absolute atomic E-state index is 0.0504. The van der Waals surface area contributed by atoms with Crippen molar-refractivity contribution in [3.05, 3.63) is 131 Å². The molecule has 1 N–H and O–H groups in total. The second kappa shape index (κ2) is 13.6. The van der Waals surface area contributed by atoms with Crippen molar-refractivity contribution in [3.8, 4) is 11.3 Å². The highest BCUT2D eigenvalue weighted by Gasteiger charge is 2.28. The van der Waals surface area contributed by atoms with Gasteiger partial charge in [-0.15, -0.1) is 0 Å². The van der Waals surface area contributed by atoms with Crippen LogP contribution in [-0.2, 0) is 0 Å².